The van der Waals surface area contributed by atoms with Gasteiger partial charge in [-0.25, -0.2) is 0 Å². The first kappa shape index (κ1) is 18.1. The molecule has 0 bridgehead atoms. The summed E-state index contributed by atoms with van der Waals surface area (Å²) in [6.07, 6.45) is 0.468. The predicted molar refractivity (Wildman–Crippen MR) is 105 cm³/mol. The summed E-state index contributed by atoms with van der Waals surface area (Å²) in [6, 6.07) is 15.3. The monoisotopic (exact) mass is 376 g/mol. The highest BCUT2D eigenvalue weighted by atomic mass is 35.5. The fraction of sp³-hybridized carbons (Fsp3) is 0.316. The second-order valence-corrected chi connectivity index (χ2v) is 7.48. The maximum atomic E-state index is 12.3. The minimum Gasteiger partial charge on any atom is -0.487 e. The molecule has 25 heavy (non-hydrogen) atoms. The highest BCUT2D eigenvalue weighted by Crippen LogP contribution is 2.25. The average Bonchev–Trinajstić information content (AvgIpc) is 2.62. The first-order valence-electron chi connectivity index (χ1n) is 8.28. The van der Waals surface area contributed by atoms with E-state index >= 15 is 0 Å². The van der Waals surface area contributed by atoms with Crippen LogP contribution in [0, 0.1) is 0 Å². The quantitative estimate of drug-likeness (QED) is 0.801. The van der Waals surface area contributed by atoms with E-state index in [-0.39, 0.29) is 11.9 Å². The summed E-state index contributed by atoms with van der Waals surface area (Å²) in [7, 11) is 0. The summed E-state index contributed by atoms with van der Waals surface area (Å²) in [6.45, 7) is 1.36. The van der Waals surface area contributed by atoms with Crippen LogP contribution in [0.2, 0.25) is 5.02 Å². The van der Waals surface area contributed by atoms with Crippen molar-refractivity contribution in [3.63, 3.8) is 0 Å². The minimum atomic E-state index is -0.00111. The van der Waals surface area contributed by atoms with Crippen molar-refractivity contribution in [3.8, 4) is 5.75 Å². The number of hydrogen-bond acceptors (Lipinski definition) is 4. The van der Waals surface area contributed by atoms with Crippen molar-refractivity contribution in [2.24, 2.45) is 0 Å². The van der Waals surface area contributed by atoms with Gasteiger partial charge in [0.25, 0.3) is 0 Å². The van der Waals surface area contributed by atoms with Crippen LogP contribution in [-0.2, 0) is 11.4 Å². The lowest BCUT2D eigenvalue weighted by Crippen LogP contribution is -2.39. The Labute approximate surface area is 157 Å². The number of benzene rings is 2. The molecule has 1 aliphatic heterocycles. The molecule has 6 heteroatoms. The van der Waals surface area contributed by atoms with Crippen molar-refractivity contribution < 1.29 is 9.53 Å². The molecule has 1 fully saturated rings. The lowest BCUT2D eigenvalue weighted by atomic mass is 10.2. The van der Waals surface area contributed by atoms with Crippen molar-refractivity contribution in [1.82, 2.24) is 5.32 Å². The lowest BCUT2D eigenvalue weighted by molar-refractivity contribution is -0.116. The highest BCUT2D eigenvalue weighted by Gasteiger charge is 2.17. The number of para-hydroxylation sites is 2. The largest absolute Gasteiger partial charge is 0.487 e. The maximum absolute atomic E-state index is 12.3. The third-order valence-corrected chi connectivity index (χ3v) is 5.24. The zero-order chi connectivity index (χ0) is 17.5. The van der Waals surface area contributed by atoms with E-state index in [9.17, 15) is 4.79 Å². The number of thioether (sulfide) groups is 1. The van der Waals surface area contributed by atoms with E-state index in [1.54, 1.807) is 0 Å². The summed E-state index contributed by atoms with van der Waals surface area (Å²) < 4.78 is 5.88. The van der Waals surface area contributed by atoms with E-state index in [1.807, 2.05) is 60.3 Å². The van der Waals surface area contributed by atoms with Gasteiger partial charge in [0, 0.05) is 35.5 Å². The molecule has 1 atom stereocenters. The van der Waals surface area contributed by atoms with Gasteiger partial charge < -0.3 is 15.4 Å². The van der Waals surface area contributed by atoms with E-state index < -0.39 is 0 Å². The Morgan fingerprint density at radius 2 is 2.16 bits per heavy atom. The average molecular weight is 377 g/mol. The summed E-state index contributed by atoms with van der Waals surface area (Å²) in [4.78, 5) is 12.3. The molecule has 2 N–H and O–H groups in total. The molecule has 2 aromatic rings. The zero-order valence-electron chi connectivity index (χ0n) is 13.8. The fourth-order valence-corrected chi connectivity index (χ4v) is 3.82. The lowest BCUT2D eigenvalue weighted by Gasteiger charge is -2.22. The number of amides is 1. The van der Waals surface area contributed by atoms with Crippen LogP contribution in [0.5, 0.6) is 5.75 Å². The van der Waals surface area contributed by atoms with Gasteiger partial charge in [-0.05, 0) is 29.8 Å². The minimum absolute atomic E-state index is 0.00111. The van der Waals surface area contributed by atoms with Gasteiger partial charge in [-0.15, -0.1) is 0 Å². The number of carbonyl (C=O) groups excluding carboxylic acids is 1. The molecule has 1 heterocycles. The summed E-state index contributed by atoms with van der Waals surface area (Å²) in [5.41, 5.74) is 1.68. The van der Waals surface area contributed by atoms with Gasteiger partial charge in [-0.3, -0.25) is 4.79 Å². The summed E-state index contributed by atoms with van der Waals surface area (Å²) >= 11 is 7.88. The molecule has 0 radical (unpaired) electrons. The van der Waals surface area contributed by atoms with Crippen LogP contribution >= 0.6 is 23.4 Å². The van der Waals surface area contributed by atoms with Crippen LogP contribution in [0.15, 0.2) is 48.5 Å². The molecule has 1 aliphatic rings. The van der Waals surface area contributed by atoms with Gasteiger partial charge in [0.05, 0.1) is 5.69 Å². The normalized spacial score (nSPS) is 17.1. The predicted octanol–water partition coefficient (Wildman–Crippen LogP) is 3.95. The smallest absolute Gasteiger partial charge is 0.226 e. The first-order valence-corrected chi connectivity index (χ1v) is 9.81. The Morgan fingerprint density at radius 3 is 2.96 bits per heavy atom. The van der Waals surface area contributed by atoms with E-state index in [0.717, 1.165) is 23.6 Å². The molecular formula is C19H21ClN2O2S. The van der Waals surface area contributed by atoms with Crippen molar-refractivity contribution in [2.75, 3.05) is 23.4 Å². The molecule has 0 spiro atoms. The van der Waals surface area contributed by atoms with Crippen molar-refractivity contribution in [1.29, 1.82) is 0 Å². The van der Waals surface area contributed by atoms with Gasteiger partial charge in [-0.1, -0.05) is 35.9 Å². The Kier molecular flexibility index (Phi) is 6.62. The van der Waals surface area contributed by atoms with E-state index in [2.05, 4.69) is 10.6 Å². The molecule has 3 rings (SSSR count). The molecule has 0 aromatic heterocycles. The Morgan fingerprint density at radius 1 is 1.28 bits per heavy atom. The number of ether oxygens (including phenoxy) is 1. The van der Waals surface area contributed by atoms with Crippen LogP contribution in [0.1, 0.15) is 12.0 Å². The molecule has 4 nitrogen and oxygen atoms in total. The molecular weight excluding hydrogens is 356 g/mol. The van der Waals surface area contributed by atoms with Gasteiger partial charge in [0.15, 0.2) is 0 Å². The molecule has 1 unspecified atom stereocenters. The van der Waals surface area contributed by atoms with Crippen molar-refractivity contribution in [2.45, 2.75) is 19.1 Å². The third-order valence-electron chi connectivity index (χ3n) is 3.87. The van der Waals surface area contributed by atoms with Crippen LogP contribution < -0.4 is 15.4 Å². The van der Waals surface area contributed by atoms with Crippen molar-refractivity contribution >= 4 is 35.0 Å². The van der Waals surface area contributed by atoms with Gasteiger partial charge in [0.1, 0.15) is 12.4 Å². The van der Waals surface area contributed by atoms with E-state index in [0.29, 0.717) is 29.5 Å². The summed E-state index contributed by atoms with van der Waals surface area (Å²) in [5, 5.41) is 7.02. The highest BCUT2D eigenvalue weighted by molar-refractivity contribution is 7.99. The standard InChI is InChI=1S/C19H21ClN2O2S/c20-15-5-3-4-14(10-15)12-24-18-7-2-1-6-17(18)22-19(23)11-16-13-25-9-8-21-16/h1-7,10,16,21H,8-9,11-13H2,(H,22,23). The van der Waals surface area contributed by atoms with Crippen LogP contribution in [0.4, 0.5) is 5.69 Å². The van der Waals surface area contributed by atoms with Crippen molar-refractivity contribution in [3.05, 3.63) is 59.1 Å². The first-order chi connectivity index (χ1) is 12.2. The maximum Gasteiger partial charge on any atom is 0.226 e. The number of anilines is 1. The van der Waals surface area contributed by atoms with Gasteiger partial charge in [0.2, 0.25) is 5.91 Å². The summed E-state index contributed by atoms with van der Waals surface area (Å²) in [5.74, 6) is 2.74. The number of nitrogens with one attached hydrogen (secondary N) is 2. The second kappa shape index (κ2) is 9.13. The molecule has 1 amide bonds. The Hall–Kier alpha value is -1.69. The number of carbonyl (C=O) groups is 1. The molecule has 1 saturated heterocycles. The topological polar surface area (TPSA) is 50.4 Å². The SMILES string of the molecule is O=C(CC1CSCCN1)Nc1ccccc1OCc1cccc(Cl)c1. The molecule has 132 valence electrons. The zero-order valence-corrected chi connectivity index (χ0v) is 15.4. The number of hydrogen-bond donors (Lipinski definition) is 2. The van der Waals surface area contributed by atoms with E-state index in [1.165, 1.54) is 0 Å². The second-order valence-electron chi connectivity index (χ2n) is 5.89. The van der Waals surface area contributed by atoms with Gasteiger partial charge >= 0.3 is 0 Å². The van der Waals surface area contributed by atoms with E-state index in [4.69, 9.17) is 16.3 Å². The van der Waals surface area contributed by atoms with Crippen LogP contribution in [0.25, 0.3) is 0 Å². The van der Waals surface area contributed by atoms with Crippen LogP contribution in [-0.4, -0.2) is 30.0 Å². The molecule has 0 aliphatic carbocycles. The Bertz CT molecular complexity index is 720. The fourth-order valence-electron chi connectivity index (χ4n) is 2.66. The Balaban J connectivity index is 1.59. The molecule has 2 aromatic carbocycles. The van der Waals surface area contributed by atoms with Crippen LogP contribution in [0.3, 0.4) is 0 Å². The third kappa shape index (κ3) is 5.66. The van der Waals surface area contributed by atoms with Gasteiger partial charge in [-0.2, -0.15) is 11.8 Å². The number of rotatable bonds is 6. The molecule has 0 saturated carbocycles. The number of halogens is 1.